The summed E-state index contributed by atoms with van der Waals surface area (Å²) in [6.07, 6.45) is 4.10. The lowest BCUT2D eigenvalue weighted by molar-refractivity contribution is 0.221. The number of nitrogens with zero attached hydrogens (tertiary/aromatic N) is 1. The van der Waals surface area contributed by atoms with Crippen LogP contribution in [0.15, 0.2) is 99.6 Å². The summed E-state index contributed by atoms with van der Waals surface area (Å²) in [7, 11) is -0.0432. The van der Waals surface area contributed by atoms with Gasteiger partial charge in [-0.3, -0.25) is 4.90 Å². The molecule has 0 saturated carbocycles. The first-order valence-corrected chi connectivity index (χ1v) is 10.8. The van der Waals surface area contributed by atoms with Crippen molar-refractivity contribution < 1.29 is 0 Å². The molecule has 1 saturated heterocycles. The van der Waals surface area contributed by atoms with E-state index in [1.54, 1.807) is 0 Å². The highest BCUT2D eigenvalue weighted by Crippen LogP contribution is 2.31. The average Bonchev–Trinajstić information content (AvgIpc) is 2.72. The average molecular weight is 361 g/mol. The van der Waals surface area contributed by atoms with Crippen LogP contribution in [0, 0.1) is 0 Å². The first-order chi connectivity index (χ1) is 12.9. The van der Waals surface area contributed by atoms with E-state index >= 15 is 0 Å². The summed E-state index contributed by atoms with van der Waals surface area (Å²) in [5.41, 5.74) is 1.43. The van der Waals surface area contributed by atoms with Gasteiger partial charge in [0.05, 0.1) is 10.9 Å². The lowest BCUT2D eigenvalue weighted by atomic mass is 10.1. The Balaban J connectivity index is 1.59. The van der Waals surface area contributed by atoms with Crippen LogP contribution in [0.2, 0.25) is 0 Å². The second-order valence-electron chi connectivity index (χ2n) is 6.91. The second-order valence-corrected chi connectivity index (χ2v) is 8.94. The van der Waals surface area contributed by atoms with E-state index in [2.05, 4.69) is 89.8 Å². The first kappa shape index (κ1) is 17.4. The number of likely N-dealkylation sites (tertiary alicyclic amines) is 1. The molecule has 1 heterocycles. The van der Waals surface area contributed by atoms with Crippen molar-refractivity contribution in [3.05, 3.63) is 90.5 Å². The van der Waals surface area contributed by atoms with Crippen LogP contribution in [0.4, 0.5) is 0 Å². The van der Waals surface area contributed by atoms with Crippen molar-refractivity contribution in [3.8, 4) is 0 Å². The largest absolute Gasteiger partial charge is 0.299 e. The Kier molecular flexibility index (Phi) is 5.73. The predicted molar refractivity (Wildman–Crippen MR) is 111 cm³/mol. The predicted octanol–water partition coefficient (Wildman–Crippen LogP) is 5.77. The molecule has 1 aliphatic heterocycles. The van der Waals surface area contributed by atoms with Gasteiger partial charge < -0.3 is 0 Å². The fourth-order valence-electron chi connectivity index (χ4n) is 3.63. The van der Waals surface area contributed by atoms with E-state index in [-0.39, 0.29) is 10.9 Å². The highest BCUT2D eigenvalue weighted by Gasteiger charge is 2.28. The van der Waals surface area contributed by atoms with E-state index in [4.69, 9.17) is 0 Å². The summed E-state index contributed by atoms with van der Waals surface area (Å²) < 4.78 is 0. The van der Waals surface area contributed by atoms with Gasteiger partial charge in [-0.25, -0.2) is 0 Å². The van der Waals surface area contributed by atoms with Crippen molar-refractivity contribution in [2.24, 2.45) is 0 Å². The van der Waals surface area contributed by atoms with Crippen molar-refractivity contribution in [1.82, 2.24) is 4.90 Å². The molecule has 0 aromatic heterocycles. The Morgan fingerprint density at radius 1 is 0.577 bits per heavy atom. The van der Waals surface area contributed by atoms with E-state index in [0.29, 0.717) is 0 Å². The van der Waals surface area contributed by atoms with Gasteiger partial charge in [-0.1, -0.05) is 55.0 Å². The molecule has 0 radical (unpaired) electrons. The summed E-state index contributed by atoms with van der Waals surface area (Å²) in [4.78, 5) is 6.74. The van der Waals surface area contributed by atoms with Gasteiger partial charge in [-0.15, -0.1) is 0 Å². The third kappa shape index (κ3) is 4.20. The van der Waals surface area contributed by atoms with Crippen LogP contribution < -0.4 is 0 Å². The molecule has 1 nitrogen and oxygen atoms in total. The topological polar surface area (TPSA) is 3.24 Å². The Morgan fingerprint density at radius 2 is 1.08 bits per heavy atom. The fraction of sp³-hybridized carbons (Fsp3) is 0.250. The lowest BCUT2D eigenvalue weighted by Gasteiger charge is -2.26. The minimum atomic E-state index is -0.0432. The summed E-state index contributed by atoms with van der Waals surface area (Å²) in [6.45, 7) is 3.59. The molecule has 26 heavy (non-hydrogen) atoms. The summed E-state index contributed by atoms with van der Waals surface area (Å²) in [5.74, 6) is 0. The maximum absolute atomic E-state index is 2.59. The van der Waals surface area contributed by atoms with Crippen LogP contribution in [-0.4, -0.2) is 18.0 Å². The number of hydrogen-bond donors (Lipinski definition) is 0. The lowest BCUT2D eigenvalue weighted by Crippen LogP contribution is -2.29. The molecule has 0 amide bonds. The highest BCUT2D eigenvalue weighted by atomic mass is 32.2. The quantitative estimate of drug-likeness (QED) is 0.522. The molecule has 1 fully saturated rings. The van der Waals surface area contributed by atoms with E-state index in [9.17, 15) is 0 Å². The van der Waals surface area contributed by atoms with Gasteiger partial charge in [0.1, 0.15) is 0 Å². The molecule has 3 aromatic carbocycles. The van der Waals surface area contributed by atoms with E-state index in [0.717, 1.165) is 6.54 Å². The first-order valence-electron chi connectivity index (χ1n) is 9.56. The van der Waals surface area contributed by atoms with Gasteiger partial charge in [0, 0.05) is 6.54 Å². The highest BCUT2D eigenvalue weighted by molar-refractivity contribution is 7.97. The zero-order chi connectivity index (χ0) is 17.6. The molecular formula is C24H26NS+. The van der Waals surface area contributed by atoms with Gasteiger partial charge in [-0.05, 0) is 67.9 Å². The molecular weight excluding hydrogens is 334 g/mol. The number of benzene rings is 3. The fourth-order valence-corrected chi connectivity index (χ4v) is 5.71. The van der Waals surface area contributed by atoms with E-state index in [1.165, 1.54) is 52.6 Å². The molecule has 0 unspecified atom stereocenters. The second kappa shape index (κ2) is 8.57. The van der Waals surface area contributed by atoms with Gasteiger partial charge in [0.25, 0.3) is 0 Å². The Labute approximate surface area is 160 Å². The number of hydrogen-bond acceptors (Lipinski definition) is 1. The van der Waals surface area contributed by atoms with Crippen molar-refractivity contribution in [1.29, 1.82) is 0 Å². The van der Waals surface area contributed by atoms with Crippen LogP contribution in [0.25, 0.3) is 0 Å². The molecule has 2 heteroatoms. The number of rotatable bonds is 5. The summed E-state index contributed by atoms with van der Waals surface area (Å²) >= 11 is 0. The van der Waals surface area contributed by atoms with Crippen LogP contribution in [0.3, 0.4) is 0 Å². The Hall–Kier alpha value is -2.03. The molecule has 3 aromatic rings. The molecule has 0 bridgehead atoms. The summed E-state index contributed by atoms with van der Waals surface area (Å²) in [6, 6.07) is 31.1. The zero-order valence-corrected chi connectivity index (χ0v) is 16.0. The molecule has 1 aliphatic rings. The number of piperidine rings is 1. The molecule has 0 aliphatic carbocycles. The zero-order valence-electron chi connectivity index (χ0n) is 15.2. The van der Waals surface area contributed by atoms with Crippen LogP contribution in [-0.2, 0) is 17.4 Å². The molecule has 0 atom stereocenters. The minimum Gasteiger partial charge on any atom is -0.299 e. The van der Waals surface area contributed by atoms with Crippen LogP contribution >= 0.6 is 0 Å². The maximum atomic E-state index is 2.59. The van der Waals surface area contributed by atoms with Gasteiger partial charge in [0.15, 0.2) is 14.7 Å². The van der Waals surface area contributed by atoms with Crippen molar-refractivity contribution >= 4 is 10.9 Å². The van der Waals surface area contributed by atoms with Crippen LogP contribution in [0.1, 0.15) is 24.8 Å². The minimum absolute atomic E-state index is 0.0432. The third-order valence-electron chi connectivity index (χ3n) is 4.97. The smallest absolute Gasteiger partial charge is 0.166 e. The summed E-state index contributed by atoms with van der Waals surface area (Å²) in [5, 5.41) is 0. The van der Waals surface area contributed by atoms with Crippen molar-refractivity contribution in [2.75, 3.05) is 13.1 Å². The van der Waals surface area contributed by atoms with Gasteiger partial charge >= 0.3 is 0 Å². The van der Waals surface area contributed by atoms with Gasteiger partial charge in [0.2, 0.25) is 0 Å². The van der Waals surface area contributed by atoms with E-state index in [1.807, 2.05) is 0 Å². The molecule has 0 N–H and O–H groups in total. The monoisotopic (exact) mass is 360 g/mol. The molecule has 0 spiro atoms. The SMILES string of the molecule is c1ccc([S+](c2ccccc2)c2ccc(CN3CCCCC3)cc2)cc1. The Morgan fingerprint density at radius 3 is 1.62 bits per heavy atom. The molecule has 132 valence electrons. The standard InChI is InChI=1S/C24H26NS/c1-4-10-22(11-5-1)26(23-12-6-2-7-13-23)24-16-14-21(15-17-24)20-25-18-8-3-9-19-25/h1-2,4-7,10-17H,3,8-9,18-20H2/q+1. The van der Waals surface area contributed by atoms with Crippen molar-refractivity contribution in [2.45, 2.75) is 40.5 Å². The van der Waals surface area contributed by atoms with Crippen molar-refractivity contribution in [3.63, 3.8) is 0 Å². The Bertz CT molecular complexity index is 753. The van der Waals surface area contributed by atoms with E-state index < -0.39 is 0 Å². The van der Waals surface area contributed by atoms with Crippen LogP contribution in [0.5, 0.6) is 0 Å². The van der Waals surface area contributed by atoms with Gasteiger partial charge in [-0.2, -0.15) is 0 Å². The normalized spacial score (nSPS) is 15.3. The molecule has 4 rings (SSSR count). The maximum Gasteiger partial charge on any atom is 0.166 e. The third-order valence-corrected chi connectivity index (χ3v) is 7.20.